The molecule has 15 heavy (non-hydrogen) atoms. The van der Waals surface area contributed by atoms with Gasteiger partial charge in [-0.1, -0.05) is 25.5 Å². The molecular weight excluding hydrogens is 208 g/mol. The van der Waals surface area contributed by atoms with Gasteiger partial charge in [0.25, 0.3) is 0 Å². The van der Waals surface area contributed by atoms with E-state index in [0.29, 0.717) is 5.41 Å². The molecule has 1 saturated heterocycles. The molecule has 1 fully saturated rings. The Morgan fingerprint density at radius 2 is 2.00 bits per heavy atom. The maximum Gasteiger partial charge on any atom is 0.0523 e. The molecule has 2 aliphatic rings. The number of hydrogen-bond donors (Lipinski definition) is 0. The van der Waals surface area contributed by atoms with Crippen LogP contribution >= 0.6 is 11.6 Å². The van der Waals surface area contributed by atoms with E-state index in [4.69, 9.17) is 16.3 Å². The van der Waals surface area contributed by atoms with Crippen molar-refractivity contribution in [3.63, 3.8) is 0 Å². The number of ether oxygens (including phenoxy) is 1. The molecule has 2 rings (SSSR count). The van der Waals surface area contributed by atoms with Crippen LogP contribution in [0, 0.1) is 11.3 Å². The fourth-order valence-corrected chi connectivity index (χ4v) is 3.43. The first-order valence-electron chi connectivity index (χ1n) is 5.99. The van der Waals surface area contributed by atoms with Gasteiger partial charge in [0.2, 0.25) is 0 Å². The molecule has 0 saturated carbocycles. The van der Waals surface area contributed by atoms with Gasteiger partial charge < -0.3 is 4.74 Å². The second-order valence-electron chi connectivity index (χ2n) is 5.69. The molecule has 1 heterocycles. The van der Waals surface area contributed by atoms with Gasteiger partial charge in [0.1, 0.15) is 0 Å². The maximum absolute atomic E-state index is 6.31. The van der Waals surface area contributed by atoms with Crippen molar-refractivity contribution in [1.29, 1.82) is 0 Å². The summed E-state index contributed by atoms with van der Waals surface area (Å²) in [6.45, 7) is 6.51. The SMILES string of the molecule is CC1(C)CC(C2CCOCC2)=CC(Cl)C1. The van der Waals surface area contributed by atoms with Crippen LogP contribution in [0.1, 0.15) is 39.5 Å². The Balaban J connectivity index is 2.07. The molecule has 0 spiro atoms. The van der Waals surface area contributed by atoms with Crippen molar-refractivity contribution in [3.8, 4) is 0 Å². The number of allylic oxidation sites excluding steroid dienone is 2. The highest BCUT2D eigenvalue weighted by molar-refractivity contribution is 6.21. The van der Waals surface area contributed by atoms with Crippen LogP contribution in [0.5, 0.6) is 0 Å². The first kappa shape index (κ1) is 11.5. The lowest BCUT2D eigenvalue weighted by molar-refractivity contribution is 0.0725. The fourth-order valence-electron chi connectivity index (χ4n) is 2.85. The predicted octanol–water partition coefficient (Wildman–Crippen LogP) is 3.77. The van der Waals surface area contributed by atoms with Crippen LogP contribution < -0.4 is 0 Å². The molecule has 0 radical (unpaired) electrons. The molecule has 1 aliphatic carbocycles. The summed E-state index contributed by atoms with van der Waals surface area (Å²) in [5.74, 6) is 0.736. The van der Waals surface area contributed by atoms with Crippen molar-refractivity contribution in [3.05, 3.63) is 11.6 Å². The first-order valence-corrected chi connectivity index (χ1v) is 6.43. The number of alkyl halides is 1. The minimum Gasteiger partial charge on any atom is -0.381 e. The van der Waals surface area contributed by atoms with Gasteiger partial charge in [-0.2, -0.15) is 0 Å². The predicted molar refractivity (Wildman–Crippen MR) is 64.3 cm³/mol. The van der Waals surface area contributed by atoms with E-state index in [9.17, 15) is 0 Å². The third kappa shape index (κ3) is 2.98. The molecule has 1 aliphatic heterocycles. The normalized spacial score (nSPS) is 32.5. The van der Waals surface area contributed by atoms with Gasteiger partial charge in [-0.25, -0.2) is 0 Å². The highest BCUT2D eigenvalue weighted by Crippen LogP contribution is 2.41. The van der Waals surface area contributed by atoms with E-state index < -0.39 is 0 Å². The van der Waals surface area contributed by atoms with Crippen LogP contribution in [-0.4, -0.2) is 18.6 Å². The quantitative estimate of drug-likeness (QED) is 0.491. The number of halogens is 1. The van der Waals surface area contributed by atoms with Gasteiger partial charge in [-0.15, -0.1) is 11.6 Å². The third-order valence-electron chi connectivity index (χ3n) is 3.57. The summed E-state index contributed by atoms with van der Waals surface area (Å²) in [5, 5.41) is 0.242. The standard InChI is InChI=1S/C13H21ClO/c1-13(2)8-11(7-12(14)9-13)10-3-5-15-6-4-10/h7,10,12H,3-6,8-9H2,1-2H3. The second kappa shape index (κ2) is 4.47. The van der Waals surface area contributed by atoms with Gasteiger partial charge in [0.15, 0.2) is 0 Å². The molecule has 0 bridgehead atoms. The Morgan fingerprint density at radius 3 is 2.60 bits per heavy atom. The number of rotatable bonds is 1. The molecule has 1 atom stereocenters. The third-order valence-corrected chi connectivity index (χ3v) is 3.85. The van der Waals surface area contributed by atoms with E-state index in [1.807, 2.05) is 0 Å². The summed E-state index contributed by atoms with van der Waals surface area (Å²) in [6.07, 6.45) is 7.02. The van der Waals surface area contributed by atoms with Crippen molar-refractivity contribution in [2.45, 2.75) is 44.9 Å². The van der Waals surface area contributed by atoms with E-state index in [-0.39, 0.29) is 5.38 Å². The van der Waals surface area contributed by atoms with Crippen LogP contribution in [0.2, 0.25) is 0 Å². The van der Waals surface area contributed by atoms with Crippen molar-refractivity contribution in [1.82, 2.24) is 0 Å². The van der Waals surface area contributed by atoms with Crippen LogP contribution in [0.25, 0.3) is 0 Å². The first-order chi connectivity index (χ1) is 7.07. The lowest BCUT2D eigenvalue weighted by Crippen LogP contribution is -2.27. The van der Waals surface area contributed by atoms with Crippen LogP contribution in [-0.2, 0) is 4.74 Å². The van der Waals surface area contributed by atoms with Crippen molar-refractivity contribution in [2.75, 3.05) is 13.2 Å². The lowest BCUT2D eigenvalue weighted by atomic mass is 9.72. The Morgan fingerprint density at radius 1 is 1.33 bits per heavy atom. The van der Waals surface area contributed by atoms with E-state index in [2.05, 4.69) is 19.9 Å². The Labute approximate surface area is 97.8 Å². The zero-order valence-corrected chi connectivity index (χ0v) is 10.5. The van der Waals surface area contributed by atoms with E-state index in [1.54, 1.807) is 5.57 Å². The zero-order chi connectivity index (χ0) is 10.9. The topological polar surface area (TPSA) is 9.23 Å². The van der Waals surface area contributed by atoms with Crippen molar-refractivity contribution >= 4 is 11.6 Å². The van der Waals surface area contributed by atoms with Crippen LogP contribution in [0.3, 0.4) is 0 Å². The lowest BCUT2D eigenvalue weighted by Gasteiger charge is -2.36. The molecule has 2 heteroatoms. The minimum atomic E-state index is 0.242. The van der Waals surface area contributed by atoms with E-state index in [0.717, 1.165) is 25.6 Å². The fraction of sp³-hybridized carbons (Fsp3) is 0.846. The van der Waals surface area contributed by atoms with Gasteiger partial charge in [0.05, 0.1) is 5.38 Å². The van der Waals surface area contributed by atoms with Gasteiger partial charge >= 0.3 is 0 Å². The van der Waals surface area contributed by atoms with Gasteiger partial charge in [0, 0.05) is 13.2 Å². The Hall–Kier alpha value is -0.0100. The molecule has 86 valence electrons. The average molecular weight is 229 g/mol. The smallest absolute Gasteiger partial charge is 0.0523 e. The maximum atomic E-state index is 6.31. The summed E-state index contributed by atoms with van der Waals surface area (Å²) in [5.41, 5.74) is 1.98. The van der Waals surface area contributed by atoms with Gasteiger partial charge in [-0.05, 0) is 37.0 Å². The molecular formula is C13H21ClO. The average Bonchev–Trinajstić information content (AvgIpc) is 2.16. The molecule has 0 aromatic carbocycles. The monoisotopic (exact) mass is 228 g/mol. The molecule has 0 aromatic heterocycles. The van der Waals surface area contributed by atoms with Gasteiger partial charge in [-0.3, -0.25) is 0 Å². The largest absolute Gasteiger partial charge is 0.381 e. The molecule has 0 N–H and O–H groups in total. The summed E-state index contributed by atoms with van der Waals surface area (Å²) < 4.78 is 5.41. The highest BCUT2D eigenvalue weighted by atomic mass is 35.5. The zero-order valence-electron chi connectivity index (χ0n) is 9.76. The highest BCUT2D eigenvalue weighted by Gasteiger charge is 2.31. The number of hydrogen-bond acceptors (Lipinski definition) is 1. The van der Waals surface area contributed by atoms with E-state index >= 15 is 0 Å². The van der Waals surface area contributed by atoms with Crippen LogP contribution in [0.15, 0.2) is 11.6 Å². The van der Waals surface area contributed by atoms with E-state index in [1.165, 1.54) is 19.3 Å². The molecule has 1 nitrogen and oxygen atoms in total. The van der Waals surface area contributed by atoms with Crippen molar-refractivity contribution in [2.24, 2.45) is 11.3 Å². The van der Waals surface area contributed by atoms with Crippen LogP contribution in [0.4, 0.5) is 0 Å². The Bertz CT molecular complexity index is 251. The molecule has 0 aromatic rings. The van der Waals surface area contributed by atoms with Crippen molar-refractivity contribution < 1.29 is 4.74 Å². The minimum absolute atomic E-state index is 0.242. The summed E-state index contributed by atoms with van der Waals surface area (Å²) in [7, 11) is 0. The summed E-state index contributed by atoms with van der Waals surface area (Å²) in [6, 6.07) is 0. The Kier molecular flexibility index (Phi) is 3.42. The summed E-state index contributed by atoms with van der Waals surface area (Å²) in [4.78, 5) is 0. The second-order valence-corrected chi connectivity index (χ2v) is 6.25. The molecule has 0 amide bonds. The summed E-state index contributed by atoms with van der Waals surface area (Å²) >= 11 is 6.31. The molecule has 1 unspecified atom stereocenters.